The van der Waals surface area contributed by atoms with Gasteiger partial charge in [0.25, 0.3) is 0 Å². The molecule has 0 spiro atoms. The Kier molecular flexibility index (Phi) is 4.75. The van der Waals surface area contributed by atoms with E-state index in [0.717, 1.165) is 35.4 Å². The van der Waals surface area contributed by atoms with Gasteiger partial charge in [-0.2, -0.15) is 0 Å². The Morgan fingerprint density at radius 2 is 1.90 bits per heavy atom. The van der Waals surface area contributed by atoms with Crippen LogP contribution in [0.25, 0.3) is 0 Å². The average molecular weight is 387 g/mol. The number of fused-ring (bicyclic) bond motifs is 1. The molecular formula is C16H14BrCl2NO. The zero-order valence-corrected chi connectivity index (χ0v) is 14.4. The van der Waals surface area contributed by atoms with Crippen LogP contribution in [0.3, 0.4) is 0 Å². The van der Waals surface area contributed by atoms with Gasteiger partial charge in [-0.25, -0.2) is 0 Å². The van der Waals surface area contributed by atoms with Gasteiger partial charge in [-0.15, -0.1) is 0 Å². The van der Waals surface area contributed by atoms with Crippen molar-refractivity contribution in [1.29, 1.82) is 0 Å². The van der Waals surface area contributed by atoms with Crippen LogP contribution in [0.5, 0.6) is 5.75 Å². The fourth-order valence-electron chi connectivity index (χ4n) is 2.47. The van der Waals surface area contributed by atoms with Crippen molar-refractivity contribution >= 4 is 39.1 Å². The molecule has 1 aliphatic heterocycles. The van der Waals surface area contributed by atoms with Crippen molar-refractivity contribution in [2.45, 2.75) is 19.5 Å². The number of nitrogens with one attached hydrogen (secondary N) is 1. The Hall–Kier alpha value is -0.740. The molecule has 0 amide bonds. The number of rotatable bonds is 4. The summed E-state index contributed by atoms with van der Waals surface area (Å²) in [6, 6.07) is 9.78. The van der Waals surface area contributed by atoms with Crippen LogP contribution in [0.2, 0.25) is 10.0 Å². The van der Waals surface area contributed by atoms with E-state index in [-0.39, 0.29) is 0 Å². The Labute approximate surface area is 142 Å². The highest BCUT2D eigenvalue weighted by molar-refractivity contribution is 9.10. The first-order chi connectivity index (χ1) is 10.1. The van der Waals surface area contributed by atoms with Gasteiger partial charge in [0.1, 0.15) is 5.75 Å². The molecule has 0 radical (unpaired) electrons. The molecule has 0 atom stereocenters. The van der Waals surface area contributed by atoms with Crippen LogP contribution in [0.1, 0.15) is 16.7 Å². The molecule has 5 heteroatoms. The summed E-state index contributed by atoms with van der Waals surface area (Å²) in [5.74, 6) is 1.02. The van der Waals surface area contributed by atoms with E-state index in [1.165, 1.54) is 11.1 Å². The highest BCUT2D eigenvalue weighted by Crippen LogP contribution is 2.33. The van der Waals surface area contributed by atoms with Crippen LogP contribution >= 0.6 is 39.1 Å². The number of hydrogen-bond donors (Lipinski definition) is 1. The monoisotopic (exact) mass is 385 g/mol. The third-order valence-corrected chi connectivity index (χ3v) is 4.52. The van der Waals surface area contributed by atoms with E-state index >= 15 is 0 Å². The minimum absolute atomic E-state index is 0.655. The summed E-state index contributed by atoms with van der Waals surface area (Å²) in [6.07, 6.45) is 0.977. The van der Waals surface area contributed by atoms with Gasteiger partial charge in [-0.3, -0.25) is 0 Å². The van der Waals surface area contributed by atoms with Gasteiger partial charge in [-0.1, -0.05) is 45.2 Å². The molecule has 3 rings (SSSR count). The Morgan fingerprint density at radius 1 is 1.10 bits per heavy atom. The van der Waals surface area contributed by atoms with Gasteiger partial charge in [-0.05, 0) is 35.4 Å². The first kappa shape index (κ1) is 15.2. The second-order valence-electron chi connectivity index (χ2n) is 4.99. The molecule has 21 heavy (non-hydrogen) atoms. The number of ether oxygens (including phenoxy) is 1. The van der Waals surface area contributed by atoms with Gasteiger partial charge in [0.05, 0.1) is 6.61 Å². The van der Waals surface area contributed by atoms with E-state index in [4.69, 9.17) is 27.9 Å². The zero-order valence-electron chi connectivity index (χ0n) is 11.3. The van der Waals surface area contributed by atoms with Crippen LogP contribution in [-0.4, -0.2) is 6.61 Å². The van der Waals surface area contributed by atoms with Crippen LogP contribution in [-0.2, 0) is 19.5 Å². The fraction of sp³-hybridized carbons (Fsp3) is 0.250. The zero-order chi connectivity index (χ0) is 14.8. The van der Waals surface area contributed by atoms with Gasteiger partial charge < -0.3 is 10.1 Å². The first-order valence-electron chi connectivity index (χ1n) is 6.72. The quantitative estimate of drug-likeness (QED) is 0.799. The SMILES string of the molecule is Clc1ccc(CNCc2cc(Br)cc3c2OCC3)c(Cl)c1. The summed E-state index contributed by atoms with van der Waals surface area (Å²) in [6.45, 7) is 2.19. The molecule has 2 aromatic carbocycles. The Morgan fingerprint density at radius 3 is 2.71 bits per heavy atom. The van der Waals surface area contributed by atoms with E-state index in [1.807, 2.05) is 12.1 Å². The molecule has 0 aliphatic carbocycles. The highest BCUT2D eigenvalue weighted by atomic mass is 79.9. The lowest BCUT2D eigenvalue weighted by Crippen LogP contribution is -2.13. The predicted molar refractivity (Wildman–Crippen MR) is 90.3 cm³/mol. The minimum atomic E-state index is 0.655. The van der Waals surface area contributed by atoms with Crippen LogP contribution in [0.4, 0.5) is 0 Å². The Balaban J connectivity index is 1.68. The van der Waals surface area contributed by atoms with Gasteiger partial charge in [0.2, 0.25) is 0 Å². The molecule has 2 nitrogen and oxygen atoms in total. The third-order valence-electron chi connectivity index (χ3n) is 3.47. The molecule has 0 saturated heterocycles. The van der Waals surface area contributed by atoms with E-state index < -0.39 is 0 Å². The Bertz CT molecular complexity index is 676. The lowest BCUT2D eigenvalue weighted by Gasteiger charge is -2.11. The van der Waals surface area contributed by atoms with Gasteiger partial charge in [0, 0.05) is 39.6 Å². The number of benzene rings is 2. The molecule has 0 unspecified atom stereocenters. The first-order valence-corrected chi connectivity index (χ1v) is 8.27. The van der Waals surface area contributed by atoms with Crippen molar-refractivity contribution in [2.75, 3.05) is 6.61 Å². The molecule has 0 saturated carbocycles. The van der Waals surface area contributed by atoms with E-state index in [9.17, 15) is 0 Å². The normalized spacial score (nSPS) is 13.1. The summed E-state index contributed by atoms with van der Waals surface area (Å²) < 4.78 is 6.81. The molecule has 1 aliphatic rings. The van der Waals surface area contributed by atoms with Crippen LogP contribution in [0.15, 0.2) is 34.8 Å². The van der Waals surface area contributed by atoms with Gasteiger partial charge >= 0.3 is 0 Å². The topological polar surface area (TPSA) is 21.3 Å². The maximum atomic E-state index is 6.17. The maximum Gasteiger partial charge on any atom is 0.127 e. The van der Waals surface area contributed by atoms with E-state index in [0.29, 0.717) is 16.6 Å². The van der Waals surface area contributed by atoms with Crippen molar-refractivity contribution in [3.05, 3.63) is 61.5 Å². The lowest BCUT2D eigenvalue weighted by molar-refractivity contribution is 0.352. The third kappa shape index (κ3) is 3.54. The lowest BCUT2D eigenvalue weighted by atomic mass is 10.1. The highest BCUT2D eigenvalue weighted by Gasteiger charge is 2.17. The van der Waals surface area contributed by atoms with E-state index in [2.05, 4.69) is 33.4 Å². The summed E-state index contributed by atoms with van der Waals surface area (Å²) in [5, 5.41) is 4.75. The summed E-state index contributed by atoms with van der Waals surface area (Å²) in [4.78, 5) is 0. The summed E-state index contributed by atoms with van der Waals surface area (Å²) >= 11 is 15.6. The molecule has 1 heterocycles. The van der Waals surface area contributed by atoms with Crippen molar-refractivity contribution in [3.8, 4) is 5.75 Å². The number of hydrogen-bond acceptors (Lipinski definition) is 2. The molecule has 2 aromatic rings. The molecule has 110 valence electrons. The largest absolute Gasteiger partial charge is 0.493 e. The number of halogens is 3. The molecule has 1 N–H and O–H groups in total. The standard InChI is InChI=1S/C16H14BrCl2NO/c17-13-5-10-3-4-21-16(10)12(6-13)9-20-8-11-1-2-14(18)7-15(11)19/h1-2,5-7,20H,3-4,8-9H2. The second kappa shape index (κ2) is 6.57. The average Bonchev–Trinajstić information content (AvgIpc) is 2.89. The van der Waals surface area contributed by atoms with Crippen molar-refractivity contribution in [1.82, 2.24) is 5.32 Å². The summed E-state index contributed by atoms with van der Waals surface area (Å²) in [5.41, 5.74) is 3.47. The molecule has 0 aromatic heterocycles. The smallest absolute Gasteiger partial charge is 0.127 e. The second-order valence-corrected chi connectivity index (χ2v) is 6.75. The molecule has 0 fully saturated rings. The van der Waals surface area contributed by atoms with Crippen molar-refractivity contribution < 1.29 is 4.74 Å². The molecule has 0 bridgehead atoms. The predicted octanol–water partition coefficient (Wildman–Crippen LogP) is 4.98. The van der Waals surface area contributed by atoms with Crippen LogP contribution < -0.4 is 10.1 Å². The van der Waals surface area contributed by atoms with E-state index in [1.54, 1.807) is 6.07 Å². The van der Waals surface area contributed by atoms with Crippen molar-refractivity contribution in [3.63, 3.8) is 0 Å². The fourth-order valence-corrected chi connectivity index (χ4v) is 3.50. The van der Waals surface area contributed by atoms with Crippen molar-refractivity contribution in [2.24, 2.45) is 0 Å². The van der Waals surface area contributed by atoms with Crippen LogP contribution in [0, 0.1) is 0 Å². The maximum absolute atomic E-state index is 6.17. The summed E-state index contributed by atoms with van der Waals surface area (Å²) in [7, 11) is 0. The van der Waals surface area contributed by atoms with Gasteiger partial charge in [0.15, 0.2) is 0 Å². The minimum Gasteiger partial charge on any atom is -0.493 e. The molecular weight excluding hydrogens is 373 g/mol.